The third kappa shape index (κ3) is 4.07. The zero-order chi connectivity index (χ0) is 19.7. The first-order valence-corrected chi connectivity index (χ1v) is 10.1. The minimum Gasteiger partial charge on any atom is -0.395 e. The first-order valence-electron chi connectivity index (χ1n) is 8.93. The topological polar surface area (TPSA) is 56.7 Å². The van der Waals surface area contributed by atoms with Crippen LogP contribution in [0.15, 0.2) is 58.8 Å². The van der Waals surface area contributed by atoms with Gasteiger partial charge in [0.15, 0.2) is 0 Å². The van der Waals surface area contributed by atoms with E-state index < -0.39 is 11.7 Å². The number of aliphatic hydroxyl groups excluding tert-OH is 1. The number of amides is 1. The molecule has 5 nitrogen and oxygen atoms in total. The van der Waals surface area contributed by atoms with E-state index in [1.54, 1.807) is 23.0 Å². The van der Waals surface area contributed by atoms with Crippen molar-refractivity contribution < 1.29 is 14.3 Å². The van der Waals surface area contributed by atoms with Crippen molar-refractivity contribution >= 4 is 29.5 Å². The fourth-order valence-corrected chi connectivity index (χ4v) is 4.50. The Morgan fingerprint density at radius 2 is 1.96 bits per heavy atom. The summed E-state index contributed by atoms with van der Waals surface area (Å²) >= 11 is 7.51. The summed E-state index contributed by atoms with van der Waals surface area (Å²) < 4.78 is 15.8. The first kappa shape index (κ1) is 19.4. The largest absolute Gasteiger partial charge is 0.395 e. The molecule has 0 bridgehead atoms. The minimum atomic E-state index is -0.794. The van der Waals surface area contributed by atoms with Crippen LogP contribution in [-0.2, 0) is 4.79 Å². The molecule has 8 heteroatoms. The molecule has 2 aliphatic rings. The summed E-state index contributed by atoms with van der Waals surface area (Å²) in [5, 5.41) is 10.9. The second-order valence-electron chi connectivity index (χ2n) is 6.90. The number of halogens is 2. The molecule has 4 rings (SSSR count). The summed E-state index contributed by atoms with van der Waals surface area (Å²) in [6.07, 6.45) is 1.78. The Bertz CT molecular complexity index is 889. The van der Waals surface area contributed by atoms with Crippen LogP contribution in [0.1, 0.15) is 11.5 Å². The lowest BCUT2D eigenvalue weighted by Gasteiger charge is -2.42. The van der Waals surface area contributed by atoms with Crippen LogP contribution in [0.2, 0.25) is 5.02 Å². The molecule has 2 aliphatic heterocycles. The fraction of sp³-hybridized carbons (Fsp3) is 0.300. The van der Waals surface area contributed by atoms with Crippen LogP contribution in [0.25, 0.3) is 0 Å². The highest BCUT2D eigenvalue weighted by Gasteiger charge is 2.35. The lowest BCUT2D eigenvalue weighted by atomic mass is 9.92. The highest BCUT2D eigenvalue weighted by molar-refractivity contribution is 7.97. The zero-order valence-corrected chi connectivity index (χ0v) is 16.6. The van der Waals surface area contributed by atoms with E-state index in [0.29, 0.717) is 18.7 Å². The smallest absolute Gasteiger partial charge is 0.233 e. The number of rotatable bonds is 5. The summed E-state index contributed by atoms with van der Waals surface area (Å²) in [6.45, 7) is 2.48. The van der Waals surface area contributed by atoms with E-state index >= 15 is 0 Å². The molecule has 3 heterocycles. The number of carbonyl (C=O) groups excluding carboxylic acids is 1. The Morgan fingerprint density at radius 1 is 1.21 bits per heavy atom. The highest BCUT2D eigenvalue weighted by atomic mass is 35.5. The van der Waals surface area contributed by atoms with Gasteiger partial charge in [-0.25, -0.2) is 13.7 Å². The van der Waals surface area contributed by atoms with Gasteiger partial charge >= 0.3 is 0 Å². The molecular weight excluding hydrogens is 401 g/mol. The molecule has 1 unspecified atom stereocenters. The average molecular weight is 420 g/mol. The normalized spacial score (nSPS) is 17.9. The monoisotopic (exact) mass is 419 g/mol. The van der Waals surface area contributed by atoms with Crippen molar-refractivity contribution in [1.82, 2.24) is 14.2 Å². The number of nitrogens with zero attached hydrogens (tertiary/aromatic N) is 3. The summed E-state index contributed by atoms with van der Waals surface area (Å²) in [5.74, 6) is -1.51. The maximum atomic E-state index is 13.6. The third-order valence-corrected chi connectivity index (χ3v) is 6.10. The summed E-state index contributed by atoms with van der Waals surface area (Å²) in [4.78, 5) is 18.7. The van der Waals surface area contributed by atoms with Gasteiger partial charge in [-0.1, -0.05) is 17.7 Å². The number of aromatic nitrogens is 1. The lowest BCUT2D eigenvalue weighted by molar-refractivity contribution is -0.135. The zero-order valence-electron chi connectivity index (χ0n) is 15.0. The molecule has 146 valence electrons. The van der Waals surface area contributed by atoms with Crippen LogP contribution in [0.3, 0.4) is 0 Å². The van der Waals surface area contributed by atoms with Crippen LogP contribution in [0.5, 0.6) is 0 Å². The van der Waals surface area contributed by atoms with Crippen molar-refractivity contribution in [1.29, 1.82) is 0 Å². The molecule has 1 aromatic carbocycles. The predicted octanol–water partition coefficient (Wildman–Crippen LogP) is 3.11. The van der Waals surface area contributed by atoms with E-state index in [4.69, 9.17) is 11.6 Å². The molecule has 2 fully saturated rings. The molecule has 2 aromatic rings. The highest BCUT2D eigenvalue weighted by Crippen LogP contribution is 2.34. The Balaban J connectivity index is 1.33. The molecule has 1 aromatic heterocycles. The lowest BCUT2D eigenvalue weighted by Crippen LogP contribution is -2.50. The number of carbonyl (C=O) groups is 1. The average Bonchev–Trinajstić information content (AvgIpc) is 2.59. The van der Waals surface area contributed by atoms with Gasteiger partial charge in [0.05, 0.1) is 12.5 Å². The number of hydrogen-bond donors (Lipinski definition) is 1. The van der Waals surface area contributed by atoms with Gasteiger partial charge in [-0.15, -0.1) is 0 Å². The Kier molecular flexibility index (Phi) is 5.68. The molecule has 0 spiro atoms. The molecule has 0 saturated carbocycles. The molecule has 1 N–H and O–H groups in total. The van der Waals surface area contributed by atoms with Gasteiger partial charge in [-0.2, -0.15) is 0 Å². The number of likely N-dealkylation sites (tertiary alicyclic amines) is 1. The number of benzene rings is 1. The van der Waals surface area contributed by atoms with Crippen molar-refractivity contribution in [2.24, 2.45) is 0 Å². The Labute approximate surface area is 171 Å². The number of aliphatic hydroxyl groups is 1. The van der Waals surface area contributed by atoms with Crippen LogP contribution < -0.4 is 0 Å². The second kappa shape index (κ2) is 8.21. The van der Waals surface area contributed by atoms with Gasteiger partial charge in [-0.3, -0.25) is 4.79 Å². The van der Waals surface area contributed by atoms with Crippen LogP contribution in [0.4, 0.5) is 4.39 Å². The van der Waals surface area contributed by atoms with Gasteiger partial charge in [-0.05, 0) is 59.0 Å². The van der Waals surface area contributed by atoms with E-state index in [2.05, 4.69) is 9.29 Å². The number of hydrogen-bond acceptors (Lipinski definition) is 5. The molecule has 28 heavy (non-hydrogen) atoms. The molecule has 1 atom stereocenters. The second-order valence-corrected chi connectivity index (χ2v) is 8.45. The molecule has 2 saturated heterocycles. The first-order chi connectivity index (χ1) is 13.5. The Hall–Kier alpha value is -1.93. The van der Waals surface area contributed by atoms with Gasteiger partial charge in [0.2, 0.25) is 5.91 Å². The minimum absolute atomic E-state index is 0.201. The quantitative estimate of drug-likeness (QED) is 0.596. The molecule has 0 radical (unpaired) electrons. The van der Waals surface area contributed by atoms with Crippen molar-refractivity contribution in [3.8, 4) is 0 Å². The molecule has 1 amide bonds. The van der Waals surface area contributed by atoms with E-state index in [1.165, 1.54) is 29.3 Å². The van der Waals surface area contributed by atoms with Crippen molar-refractivity contribution in [3.05, 3.63) is 70.1 Å². The fourth-order valence-electron chi connectivity index (χ4n) is 3.32. The van der Waals surface area contributed by atoms with E-state index in [-0.39, 0.29) is 17.5 Å². The van der Waals surface area contributed by atoms with E-state index in [1.807, 2.05) is 18.2 Å². The van der Waals surface area contributed by atoms with Crippen LogP contribution in [0, 0.1) is 5.82 Å². The summed E-state index contributed by atoms with van der Waals surface area (Å²) in [6, 6.07) is 9.80. The number of pyridine rings is 1. The summed E-state index contributed by atoms with van der Waals surface area (Å²) in [5.41, 5.74) is 3.02. The van der Waals surface area contributed by atoms with Gasteiger partial charge in [0, 0.05) is 37.4 Å². The predicted molar refractivity (Wildman–Crippen MR) is 107 cm³/mol. The molecule has 0 aliphatic carbocycles. The van der Waals surface area contributed by atoms with E-state index in [9.17, 15) is 14.3 Å². The Morgan fingerprint density at radius 3 is 2.61 bits per heavy atom. The molecular formula is C20H19ClFN3O2S. The van der Waals surface area contributed by atoms with Gasteiger partial charge in [0.1, 0.15) is 10.8 Å². The standard InChI is InChI=1S/C20H19ClFN3O2S/c21-16-5-13(6-17(22)7-16)18(12-26)20(27)24-8-14(9-24)15-10-25(11-15)28-19-3-1-2-4-23-19/h1-7,18,26H,8-12H2. The van der Waals surface area contributed by atoms with Crippen LogP contribution in [-0.4, -0.2) is 58.0 Å². The SMILES string of the molecule is O=C(C(CO)c1cc(F)cc(Cl)c1)N1CC(=C2CN(Sc3ccccn3)C2)C1. The van der Waals surface area contributed by atoms with Crippen molar-refractivity contribution in [3.63, 3.8) is 0 Å². The van der Waals surface area contributed by atoms with Gasteiger partial charge < -0.3 is 10.0 Å². The van der Waals surface area contributed by atoms with Crippen molar-refractivity contribution in [2.75, 3.05) is 32.8 Å². The maximum absolute atomic E-state index is 13.6. The third-order valence-electron chi connectivity index (χ3n) is 4.94. The summed E-state index contributed by atoms with van der Waals surface area (Å²) in [7, 11) is 0. The van der Waals surface area contributed by atoms with Crippen molar-refractivity contribution in [2.45, 2.75) is 10.9 Å². The van der Waals surface area contributed by atoms with Crippen LogP contribution >= 0.6 is 23.5 Å². The maximum Gasteiger partial charge on any atom is 0.233 e. The van der Waals surface area contributed by atoms with E-state index in [0.717, 1.165) is 18.1 Å². The van der Waals surface area contributed by atoms with Gasteiger partial charge in [0.25, 0.3) is 0 Å².